The lowest BCUT2D eigenvalue weighted by atomic mass is 9.97. The second-order valence-electron chi connectivity index (χ2n) is 6.42. The Bertz CT molecular complexity index is 679. The third kappa shape index (κ3) is 3.21. The van der Waals surface area contributed by atoms with Crippen molar-refractivity contribution in [3.05, 3.63) is 36.2 Å². The number of hydrogen-bond acceptors (Lipinski definition) is 3. The van der Waals surface area contributed by atoms with Crippen LogP contribution >= 0.6 is 0 Å². The monoisotopic (exact) mass is 311 g/mol. The normalized spacial score (nSPS) is 21.2. The van der Waals surface area contributed by atoms with E-state index in [9.17, 15) is 4.79 Å². The lowest BCUT2D eigenvalue weighted by Crippen LogP contribution is -2.45. The number of nitrogens with one attached hydrogen (secondary N) is 2. The molecule has 2 amide bonds. The molecule has 0 spiro atoms. The molecule has 1 aliphatic carbocycles. The Balaban J connectivity index is 1.45. The molecule has 1 saturated heterocycles. The number of aromatic amines is 1. The number of piperidine rings is 1. The first-order chi connectivity index (χ1) is 11.3. The summed E-state index contributed by atoms with van der Waals surface area (Å²) < 4.78 is 0. The van der Waals surface area contributed by atoms with E-state index in [2.05, 4.69) is 20.5 Å². The molecule has 0 radical (unpaired) electrons. The van der Waals surface area contributed by atoms with Crippen LogP contribution in [0.2, 0.25) is 0 Å². The Hall–Kier alpha value is -2.37. The average molecular weight is 311 g/mol. The summed E-state index contributed by atoms with van der Waals surface area (Å²) in [4.78, 5) is 18.8. The van der Waals surface area contributed by atoms with Gasteiger partial charge in [-0.25, -0.2) is 9.78 Å². The minimum absolute atomic E-state index is 0.0694. The fourth-order valence-corrected chi connectivity index (χ4v) is 3.05. The van der Waals surface area contributed by atoms with Crippen molar-refractivity contribution < 1.29 is 4.79 Å². The van der Waals surface area contributed by atoms with Crippen LogP contribution in [0, 0.1) is 0 Å². The summed E-state index contributed by atoms with van der Waals surface area (Å²) in [6.07, 6.45) is 4.28. The molecule has 6 heteroatoms. The Labute approximate surface area is 135 Å². The zero-order valence-corrected chi connectivity index (χ0v) is 13.0. The summed E-state index contributed by atoms with van der Waals surface area (Å²) in [6, 6.07) is 10.4. The first kappa shape index (κ1) is 14.2. The highest BCUT2D eigenvalue weighted by Gasteiger charge is 2.30. The second-order valence-corrected chi connectivity index (χ2v) is 6.42. The molecule has 2 aliphatic rings. The van der Waals surface area contributed by atoms with E-state index in [0.29, 0.717) is 12.6 Å². The number of nitrogens with zero attached hydrogens (tertiary/aromatic N) is 3. The fourth-order valence-electron chi connectivity index (χ4n) is 3.05. The van der Waals surface area contributed by atoms with Crippen LogP contribution in [0.15, 0.2) is 30.3 Å². The summed E-state index contributed by atoms with van der Waals surface area (Å²) >= 11 is 0. The quantitative estimate of drug-likeness (QED) is 0.914. The third-order valence-corrected chi connectivity index (χ3v) is 4.53. The minimum atomic E-state index is 0.0694. The molecule has 2 aromatic rings. The van der Waals surface area contributed by atoms with Crippen molar-refractivity contribution in [2.45, 2.75) is 37.6 Å². The summed E-state index contributed by atoms with van der Waals surface area (Å²) in [6.45, 7) is 1.54. The number of aromatic nitrogens is 3. The van der Waals surface area contributed by atoms with E-state index in [-0.39, 0.29) is 11.9 Å². The van der Waals surface area contributed by atoms with Gasteiger partial charge in [0.1, 0.15) is 5.82 Å². The smallest absolute Gasteiger partial charge is 0.317 e. The maximum absolute atomic E-state index is 12.2. The van der Waals surface area contributed by atoms with Gasteiger partial charge in [0, 0.05) is 30.6 Å². The van der Waals surface area contributed by atoms with Gasteiger partial charge in [0.15, 0.2) is 5.82 Å². The van der Waals surface area contributed by atoms with Crippen LogP contribution in [0.5, 0.6) is 0 Å². The number of carbonyl (C=O) groups excluding carboxylic acids is 1. The number of amides is 2. The first-order valence-electron chi connectivity index (χ1n) is 8.33. The van der Waals surface area contributed by atoms with Gasteiger partial charge in [-0.1, -0.05) is 30.3 Å². The van der Waals surface area contributed by atoms with E-state index in [1.807, 2.05) is 35.2 Å². The zero-order chi connectivity index (χ0) is 15.6. The highest BCUT2D eigenvalue weighted by atomic mass is 16.2. The van der Waals surface area contributed by atoms with Crippen molar-refractivity contribution in [3.8, 4) is 11.4 Å². The van der Waals surface area contributed by atoms with Crippen molar-refractivity contribution in [1.29, 1.82) is 0 Å². The predicted molar refractivity (Wildman–Crippen MR) is 86.9 cm³/mol. The standard InChI is InChI=1S/C17H21N5O/c23-17(18-14-8-9-14)22-10-4-7-13(11-22)16-19-15(20-21-16)12-5-2-1-3-6-12/h1-3,5-6,13-14H,4,7-11H2,(H,18,23)(H,19,20,21). The van der Waals surface area contributed by atoms with E-state index >= 15 is 0 Å². The van der Waals surface area contributed by atoms with Crippen LogP contribution in [-0.4, -0.2) is 45.2 Å². The molecule has 0 bridgehead atoms. The number of H-pyrrole nitrogens is 1. The molecule has 1 atom stereocenters. The van der Waals surface area contributed by atoms with Gasteiger partial charge in [-0.3, -0.25) is 5.10 Å². The fraction of sp³-hybridized carbons (Fsp3) is 0.471. The molecule has 4 rings (SSSR count). The number of urea groups is 1. The third-order valence-electron chi connectivity index (χ3n) is 4.53. The van der Waals surface area contributed by atoms with E-state index < -0.39 is 0 Å². The largest absolute Gasteiger partial charge is 0.335 e. The Kier molecular flexibility index (Phi) is 3.73. The van der Waals surface area contributed by atoms with Crippen LogP contribution in [-0.2, 0) is 0 Å². The number of hydrogen-bond donors (Lipinski definition) is 2. The SMILES string of the molecule is O=C(NC1CC1)N1CCCC(c2nc(-c3ccccc3)n[nH]2)C1. The number of carbonyl (C=O) groups is 1. The van der Waals surface area contributed by atoms with E-state index in [1.165, 1.54) is 0 Å². The summed E-state index contributed by atoms with van der Waals surface area (Å²) in [7, 11) is 0. The predicted octanol–water partition coefficient (Wildman–Crippen LogP) is 2.52. The van der Waals surface area contributed by atoms with Crippen molar-refractivity contribution in [3.63, 3.8) is 0 Å². The molecular formula is C17H21N5O. The summed E-state index contributed by atoms with van der Waals surface area (Å²) in [5.74, 6) is 1.84. The minimum Gasteiger partial charge on any atom is -0.335 e. The van der Waals surface area contributed by atoms with Gasteiger partial charge < -0.3 is 10.2 Å². The van der Waals surface area contributed by atoms with E-state index in [4.69, 9.17) is 0 Å². The van der Waals surface area contributed by atoms with E-state index in [1.54, 1.807) is 0 Å². The molecule has 1 aliphatic heterocycles. The molecule has 1 unspecified atom stereocenters. The topological polar surface area (TPSA) is 73.9 Å². The first-order valence-corrected chi connectivity index (χ1v) is 8.33. The van der Waals surface area contributed by atoms with Crippen LogP contribution in [0.3, 0.4) is 0 Å². The van der Waals surface area contributed by atoms with Gasteiger partial charge in [0.25, 0.3) is 0 Å². The number of likely N-dealkylation sites (tertiary alicyclic amines) is 1. The maximum atomic E-state index is 12.2. The van der Waals surface area contributed by atoms with Crippen LogP contribution in [0.1, 0.15) is 37.4 Å². The van der Waals surface area contributed by atoms with Crippen LogP contribution in [0.4, 0.5) is 4.79 Å². The molecule has 2 heterocycles. The van der Waals surface area contributed by atoms with Gasteiger partial charge >= 0.3 is 6.03 Å². The van der Waals surface area contributed by atoms with Crippen molar-refractivity contribution in [2.24, 2.45) is 0 Å². The maximum Gasteiger partial charge on any atom is 0.317 e. The van der Waals surface area contributed by atoms with Gasteiger partial charge in [-0.15, -0.1) is 0 Å². The summed E-state index contributed by atoms with van der Waals surface area (Å²) in [5.41, 5.74) is 1.01. The number of rotatable bonds is 3. The molecule has 6 nitrogen and oxygen atoms in total. The van der Waals surface area contributed by atoms with Gasteiger partial charge in [0.05, 0.1) is 0 Å². The lowest BCUT2D eigenvalue weighted by molar-refractivity contribution is 0.178. The zero-order valence-electron chi connectivity index (χ0n) is 13.0. The van der Waals surface area contributed by atoms with Crippen molar-refractivity contribution in [2.75, 3.05) is 13.1 Å². The molecule has 2 N–H and O–H groups in total. The van der Waals surface area contributed by atoms with E-state index in [0.717, 1.165) is 49.4 Å². The number of benzene rings is 1. The average Bonchev–Trinajstić information content (AvgIpc) is 3.27. The van der Waals surface area contributed by atoms with Crippen LogP contribution < -0.4 is 5.32 Å². The molecule has 120 valence electrons. The lowest BCUT2D eigenvalue weighted by Gasteiger charge is -2.31. The molecular weight excluding hydrogens is 290 g/mol. The van der Waals surface area contributed by atoms with Gasteiger partial charge in [0.2, 0.25) is 0 Å². The van der Waals surface area contributed by atoms with Crippen LogP contribution in [0.25, 0.3) is 11.4 Å². The molecule has 1 aromatic heterocycles. The van der Waals surface area contributed by atoms with Crippen molar-refractivity contribution >= 4 is 6.03 Å². The summed E-state index contributed by atoms with van der Waals surface area (Å²) in [5, 5.41) is 10.5. The molecule has 1 aromatic carbocycles. The Morgan fingerprint density at radius 1 is 1.22 bits per heavy atom. The molecule has 23 heavy (non-hydrogen) atoms. The van der Waals surface area contributed by atoms with Crippen molar-refractivity contribution in [1.82, 2.24) is 25.4 Å². The van der Waals surface area contributed by atoms with Gasteiger partial charge in [-0.2, -0.15) is 5.10 Å². The highest BCUT2D eigenvalue weighted by Crippen LogP contribution is 2.27. The Morgan fingerprint density at radius 3 is 2.83 bits per heavy atom. The second kappa shape index (κ2) is 6.02. The Morgan fingerprint density at radius 2 is 2.04 bits per heavy atom. The van der Waals surface area contributed by atoms with Gasteiger partial charge in [-0.05, 0) is 25.7 Å². The molecule has 1 saturated carbocycles. The molecule has 2 fully saturated rings. The highest BCUT2D eigenvalue weighted by molar-refractivity contribution is 5.75.